The van der Waals surface area contributed by atoms with Gasteiger partial charge in [-0.1, -0.05) is 42.5 Å². The van der Waals surface area contributed by atoms with Crippen molar-refractivity contribution in [2.45, 2.75) is 12.3 Å². The van der Waals surface area contributed by atoms with E-state index in [0.717, 1.165) is 0 Å². The van der Waals surface area contributed by atoms with E-state index in [1.54, 1.807) is 48.5 Å². The largest absolute Gasteiger partial charge is 0.481 e. The maximum absolute atomic E-state index is 12.5. The van der Waals surface area contributed by atoms with Crippen LogP contribution in [0.2, 0.25) is 0 Å². The molecule has 2 aromatic rings. The second-order valence-electron chi connectivity index (χ2n) is 6.10. The van der Waals surface area contributed by atoms with Gasteiger partial charge in [0, 0.05) is 24.2 Å². The number of nitrogen functional groups attached to an aromatic ring is 1. The number of amidine groups is 1. The summed E-state index contributed by atoms with van der Waals surface area (Å²) < 4.78 is 0. The molecule has 0 heterocycles. The number of carbonyl (C=O) groups excluding carboxylic acids is 2. The van der Waals surface area contributed by atoms with Crippen LogP contribution in [0.5, 0.6) is 0 Å². The van der Waals surface area contributed by atoms with E-state index in [2.05, 4.69) is 10.6 Å². The molecule has 146 valence electrons. The molecule has 0 aliphatic rings. The van der Waals surface area contributed by atoms with Crippen LogP contribution in [0.4, 0.5) is 0 Å². The van der Waals surface area contributed by atoms with Crippen molar-refractivity contribution >= 4 is 23.6 Å². The SMILES string of the molecule is N=C(N)c1ccc(C(=O)NCC(C(=O)NCCC(=O)O)c2ccccc2)cc1. The van der Waals surface area contributed by atoms with Gasteiger partial charge in [0.1, 0.15) is 5.84 Å². The van der Waals surface area contributed by atoms with Crippen molar-refractivity contribution in [1.82, 2.24) is 10.6 Å². The third-order valence-electron chi connectivity index (χ3n) is 4.08. The first kappa shape index (κ1) is 20.6. The first-order valence-corrected chi connectivity index (χ1v) is 8.65. The number of aliphatic carboxylic acids is 1. The van der Waals surface area contributed by atoms with Crippen molar-refractivity contribution in [1.29, 1.82) is 5.41 Å². The highest BCUT2D eigenvalue weighted by atomic mass is 16.4. The second kappa shape index (κ2) is 9.86. The van der Waals surface area contributed by atoms with Gasteiger partial charge in [0.05, 0.1) is 12.3 Å². The summed E-state index contributed by atoms with van der Waals surface area (Å²) in [7, 11) is 0. The Kier molecular flexibility index (Phi) is 7.27. The lowest BCUT2D eigenvalue weighted by molar-refractivity contribution is -0.136. The van der Waals surface area contributed by atoms with E-state index in [-0.39, 0.29) is 37.2 Å². The minimum atomic E-state index is -1.00. The van der Waals surface area contributed by atoms with Gasteiger partial charge in [-0.3, -0.25) is 19.8 Å². The van der Waals surface area contributed by atoms with E-state index in [4.69, 9.17) is 16.2 Å². The monoisotopic (exact) mass is 382 g/mol. The topological polar surface area (TPSA) is 145 Å². The molecule has 0 fully saturated rings. The van der Waals surface area contributed by atoms with E-state index in [9.17, 15) is 14.4 Å². The summed E-state index contributed by atoms with van der Waals surface area (Å²) >= 11 is 0. The summed E-state index contributed by atoms with van der Waals surface area (Å²) in [6.07, 6.45) is -0.178. The number of amides is 2. The summed E-state index contributed by atoms with van der Waals surface area (Å²) in [4.78, 5) is 35.5. The smallest absolute Gasteiger partial charge is 0.305 e. The van der Waals surface area contributed by atoms with Crippen LogP contribution in [0.25, 0.3) is 0 Å². The maximum Gasteiger partial charge on any atom is 0.305 e. The molecule has 2 amide bonds. The Bertz CT molecular complexity index is 850. The number of nitrogens with two attached hydrogens (primary N) is 1. The molecule has 0 saturated carbocycles. The van der Waals surface area contributed by atoms with Gasteiger partial charge >= 0.3 is 5.97 Å². The Hall–Kier alpha value is -3.68. The Morgan fingerprint density at radius 1 is 0.964 bits per heavy atom. The van der Waals surface area contributed by atoms with Crippen molar-refractivity contribution in [3.63, 3.8) is 0 Å². The van der Waals surface area contributed by atoms with Crippen LogP contribution in [0.3, 0.4) is 0 Å². The van der Waals surface area contributed by atoms with E-state index in [1.165, 1.54) is 0 Å². The molecule has 0 bridgehead atoms. The minimum Gasteiger partial charge on any atom is -0.481 e. The fraction of sp³-hybridized carbons (Fsp3) is 0.200. The van der Waals surface area contributed by atoms with Crippen molar-refractivity contribution in [2.24, 2.45) is 5.73 Å². The molecular formula is C20H22N4O4. The maximum atomic E-state index is 12.5. The number of carboxylic acids is 1. The molecule has 8 nitrogen and oxygen atoms in total. The van der Waals surface area contributed by atoms with Crippen LogP contribution in [0.15, 0.2) is 54.6 Å². The second-order valence-corrected chi connectivity index (χ2v) is 6.10. The molecule has 6 N–H and O–H groups in total. The molecule has 1 atom stereocenters. The minimum absolute atomic E-state index is 0.0119. The number of benzene rings is 2. The summed E-state index contributed by atoms with van der Waals surface area (Å²) in [6, 6.07) is 15.2. The Morgan fingerprint density at radius 3 is 2.14 bits per heavy atom. The van der Waals surface area contributed by atoms with E-state index in [0.29, 0.717) is 16.7 Å². The van der Waals surface area contributed by atoms with Crippen LogP contribution in [0.1, 0.15) is 33.8 Å². The molecule has 2 aromatic carbocycles. The lowest BCUT2D eigenvalue weighted by Crippen LogP contribution is -2.38. The Labute approximate surface area is 162 Å². The molecule has 0 radical (unpaired) electrons. The van der Waals surface area contributed by atoms with E-state index in [1.807, 2.05) is 6.07 Å². The Balaban J connectivity index is 2.05. The number of rotatable bonds is 9. The molecule has 1 unspecified atom stereocenters. The zero-order chi connectivity index (χ0) is 20.5. The van der Waals surface area contributed by atoms with E-state index < -0.39 is 11.9 Å². The van der Waals surface area contributed by atoms with Crippen LogP contribution in [-0.2, 0) is 9.59 Å². The predicted molar refractivity (Wildman–Crippen MR) is 104 cm³/mol. The molecule has 0 aliphatic heterocycles. The predicted octanol–water partition coefficient (Wildman–Crippen LogP) is 1.08. The fourth-order valence-electron chi connectivity index (χ4n) is 2.56. The lowest BCUT2D eigenvalue weighted by Gasteiger charge is -2.18. The number of hydrogen-bond acceptors (Lipinski definition) is 4. The van der Waals surface area contributed by atoms with Crippen LogP contribution >= 0.6 is 0 Å². The standard InChI is InChI=1S/C20H22N4O4/c21-18(22)14-6-8-15(9-7-14)19(27)24-12-16(13-4-2-1-3-5-13)20(28)23-11-10-17(25)26/h1-9,16H,10-12H2,(H3,21,22)(H,23,28)(H,24,27)(H,25,26). The molecule has 0 aromatic heterocycles. The highest BCUT2D eigenvalue weighted by Gasteiger charge is 2.21. The normalized spacial score (nSPS) is 11.3. The number of carboxylic acid groups (broad SMARTS) is 1. The molecule has 28 heavy (non-hydrogen) atoms. The fourth-order valence-corrected chi connectivity index (χ4v) is 2.56. The zero-order valence-corrected chi connectivity index (χ0v) is 15.1. The van der Waals surface area contributed by atoms with Gasteiger partial charge in [-0.25, -0.2) is 0 Å². The zero-order valence-electron chi connectivity index (χ0n) is 15.1. The average Bonchev–Trinajstić information content (AvgIpc) is 2.68. The van der Waals surface area contributed by atoms with E-state index >= 15 is 0 Å². The summed E-state index contributed by atoms with van der Waals surface area (Å²) in [5.41, 5.74) is 7.00. The van der Waals surface area contributed by atoms with Crippen molar-refractivity contribution in [2.75, 3.05) is 13.1 Å². The average molecular weight is 382 g/mol. The van der Waals surface area contributed by atoms with Gasteiger partial charge in [-0.2, -0.15) is 0 Å². The third kappa shape index (κ3) is 5.94. The van der Waals surface area contributed by atoms with Gasteiger partial charge in [0.2, 0.25) is 5.91 Å². The van der Waals surface area contributed by atoms with Gasteiger partial charge in [-0.15, -0.1) is 0 Å². The van der Waals surface area contributed by atoms with Gasteiger partial charge in [0.25, 0.3) is 5.91 Å². The van der Waals surface area contributed by atoms with Crippen LogP contribution < -0.4 is 16.4 Å². The molecule has 8 heteroatoms. The quantitative estimate of drug-likeness (QED) is 0.325. The molecule has 0 spiro atoms. The molecule has 2 rings (SSSR count). The number of hydrogen-bond donors (Lipinski definition) is 5. The summed E-state index contributed by atoms with van der Waals surface area (Å²) in [5.74, 6) is -2.47. The van der Waals surface area contributed by atoms with Gasteiger partial charge in [0.15, 0.2) is 0 Å². The summed E-state index contributed by atoms with van der Waals surface area (Å²) in [6.45, 7) is 0.0637. The Morgan fingerprint density at radius 2 is 1.57 bits per heavy atom. The number of nitrogens with one attached hydrogen (secondary N) is 3. The van der Waals surface area contributed by atoms with Crippen molar-refractivity contribution in [3.8, 4) is 0 Å². The first-order valence-electron chi connectivity index (χ1n) is 8.65. The highest BCUT2D eigenvalue weighted by Crippen LogP contribution is 2.15. The molecular weight excluding hydrogens is 360 g/mol. The van der Waals surface area contributed by atoms with Crippen molar-refractivity contribution < 1.29 is 19.5 Å². The lowest BCUT2D eigenvalue weighted by atomic mass is 9.98. The first-order chi connectivity index (χ1) is 13.4. The third-order valence-corrected chi connectivity index (χ3v) is 4.08. The van der Waals surface area contributed by atoms with Crippen LogP contribution in [0, 0.1) is 5.41 Å². The number of carbonyl (C=O) groups is 3. The van der Waals surface area contributed by atoms with Gasteiger partial charge < -0.3 is 21.5 Å². The van der Waals surface area contributed by atoms with Gasteiger partial charge in [-0.05, 0) is 17.7 Å². The van der Waals surface area contributed by atoms with Crippen LogP contribution in [-0.4, -0.2) is 41.8 Å². The summed E-state index contributed by atoms with van der Waals surface area (Å²) in [5, 5.41) is 21.4. The molecule has 0 aliphatic carbocycles. The molecule has 0 saturated heterocycles. The van der Waals surface area contributed by atoms with Crippen molar-refractivity contribution in [3.05, 3.63) is 71.3 Å². The highest BCUT2D eigenvalue weighted by molar-refractivity contribution is 5.98.